The molecule has 2 heterocycles. The van der Waals surface area contributed by atoms with Crippen molar-refractivity contribution in [3.8, 4) is 0 Å². The number of hydrogen-bond donors (Lipinski definition) is 2. The predicted molar refractivity (Wildman–Crippen MR) is 69.9 cm³/mol. The van der Waals surface area contributed by atoms with Crippen molar-refractivity contribution >= 4 is 11.8 Å². The number of nitrogens with zero attached hydrogens (tertiary/aromatic N) is 3. The summed E-state index contributed by atoms with van der Waals surface area (Å²) >= 11 is 0. The quantitative estimate of drug-likeness (QED) is 0.605. The maximum absolute atomic E-state index is 5.36. The van der Waals surface area contributed by atoms with E-state index in [1.807, 2.05) is 13.1 Å². The maximum atomic E-state index is 5.36. The van der Waals surface area contributed by atoms with Gasteiger partial charge in [-0.05, 0) is 19.8 Å². The van der Waals surface area contributed by atoms with Crippen LogP contribution in [0.25, 0.3) is 0 Å². The Bertz CT molecular complexity index is 358. The van der Waals surface area contributed by atoms with Gasteiger partial charge in [-0.3, -0.25) is 5.43 Å². The van der Waals surface area contributed by atoms with Crippen LogP contribution in [0.1, 0.15) is 37.7 Å². The molecule has 0 aliphatic carbocycles. The first kappa shape index (κ1) is 12.1. The number of nitrogens with two attached hydrogens (primary N) is 1. The first-order valence-corrected chi connectivity index (χ1v) is 6.36. The zero-order chi connectivity index (χ0) is 12.1. The second kappa shape index (κ2) is 5.82. The van der Waals surface area contributed by atoms with Gasteiger partial charge in [-0.2, -0.15) is 4.98 Å². The first-order chi connectivity index (χ1) is 8.31. The van der Waals surface area contributed by atoms with Gasteiger partial charge in [-0.1, -0.05) is 19.3 Å². The molecule has 0 amide bonds. The van der Waals surface area contributed by atoms with Crippen molar-refractivity contribution in [2.24, 2.45) is 5.84 Å². The number of anilines is 2. The van der Waals surface area contributed by atoms with E-state index in [4.69, 9.17) is 5.84 Å². The third-order valence-electron chi connectivity index (χ3n) is 3.23. The SMILES string of the molecule is Cc1cnc(NN)nc1N1CCCCCCC1. The monoisotopic (exact) mass is 235 g/mol. The first-order valence-electron chi connectivity index (χ1n) is 6.36. The summed E-state index contributed by atoms with van der Waals surface area (Å²) in [4.78, 5) is 10.9. The van der Waals surface area contributed by atoms with Crippen LogP contribution >= 0.6 is 0 Å². The van der Waals surface area contributed by atoms with E-state index in [9.17, 15) is 0 Å². The molecule has 0 radical (unpaired) electrons. The molecule has 0 spiro atoms. The van der Waals surface area contributed by atoms with E-state index in [-0.39, 0.29) is 0 Å². The molecule has 1 aromatic rings. The highest BCUT2D eigenvalue weighted by Crippen LogP contribution is 2.21. The summed E-state index contributed by atoms with van der Waals surface area (Å²) in [5.41, 5.74) is 3.63. The van der Waals surface area contributed by atoms with E-state index in [0.717, 1.165) is 24.5 Å². The van der Waals surface area contributed by atoms with E-state index in [1.54, 1.807) is 0 Å². The predicted octanol–water partition coefficient (Wildman–Crippen LogP) is 1.84. The molecule has 0 unspecified atom stereocenters. The third kappa shape index (κ3) is 3.06. The van der Waals surface area contributed by atoms with Crippen LogP contribution in [-0.4, -0.2) is 23.1 Å². The van der Waals surface area contributed by atoms with Gasteiger partial charge in [0.2, 0.25) is 5.95 Å². The molecule has 1 aromatic heterocycles. The summed E-state index contributed by atoms with van der Waals surface area (Å²) < 4.78 is 0. The Hall–Kier alpha value is -1.36. The van der Waals surface area contributed by atoms with Crippen LogP contribution in [0.15, 0.2) is 6.20 Å². The van der Waals surface area contributed by atoms with Crippen molar-refractivity contribution in [1.29, 1.82) is 0 Å². The zero-order valence-corrected chi connectivity index (χ0v) is 10.4. The Morgan fingerprint density at radius 1 is 1.18 bits per heavy atom. The number of aromatic nitrogens is 2. The maximum Gasteiger partial charge on any atom is 0.239 e. The minimum atomic E-state index is 0.493. The van der Waals surface area contributed by atoms with Gasteiger partial charge in [-0.15, -0.1) is 0 Å². The Morgan fingerprint density at radius 2 is 1.82 bits per heavy atom. The molecule has 3 N–H and O–H groups in total. The summed E-state index contributed by atoms with van der Waals surface area (Å²) in [5, 5.41) is 0. The van der Waals surface area contributed by atoms with E-state index >= 15 is 0 Å². The fourth-order valence-corrected chi connectivity index (χ4v) is 2.28. The van der Waals surface area contributed by atoms with Crippen molar-refractivity contribution < 1.29 is 0 Å². The number of hydrogen-bond acceptors (Lipinski definition) is 5. The highest BCUT2D eigenvalue weighted by molar-refractivity contribution is 5.48. The molecule has 0 saturated carbocycles. The van der Waals surface area contributed by atoms with Crippen molar-refractivity contribution in [1.82, 2.24) is 9.97 Å². The molecule has 0 aromatic carbocycles. The van der Waals surface area contributed by atoms with Gasteiger partial charge in [0.15, 0.2) is 0 Å². The van der Waals surface area contributed by atoms with Crippen LogP contribution in [0.5, 0.6) is 0 Å². The molecule has 1 aliphatic heterocycles. The van der Waals surface area contributed by atoms with Crippen LogP contribution in [0.2, 0.25) is 0 Å². The smallest absolute Gasteiger partial charge is 0.239 e. The Labute approximate surface area is 102 Å². The topological polar surface area (TPSA) is 67.1 Å². The van der Waals surface area contributed by atoms with Gasteiger partial charge in [-0.25, -0.2) is 10.8 Å². The van der Waals surface area contributed by atoms with Gasteiger partial charge in [0.05, 0.1) is 0 Å². The molecule has 0 bridgehead atoms. The van der Waals surface area contributed by atoms with Gasteiger partial charge >= 0.3 is 0 Å². The van der Waals surface area contributed by atoms with Gasteiger partial charge < -0.3 is 4.90 Å². The van der Waals surface area contributed by atoms with Gasteiger partial charge in [0.25, 0.3) is 0 Å². The fourth-order valence-electron chi connectivity index (χ4n) is 2.28. The van der Waals surface area contributed by atoms with E-state index in [1.165, 1.54) is 32.1 Å². The lowest BCUT2D eigenvalue weighted by Gasteiger charge is -2.27. The van der Waals surface area contributed by atoms with Crippen molar-refractivity contribution in [3.63, 3.8) is 0 Å². The average molecular weight is 235 g/mol. The highest BCUT2D eigenvalue weighted by atomic mass is 15.3. The summed E-state index contributed by atoms with van der Waals surface area (Å²) in [7, 11) is 0. The number of nitrogens with one attached hydrogen (secondary N) is 1. The van der Waals surface area contributed by atoms with Crippen LogP contribution < -0.4 is 16.2 Å². The standard InChI is InChI=1S/C12H21N5/c1-10-9-14-12(16-13)15-11(10)17-7-5-3-2-4-6-8-17/h9H,2-8,13H2,1H3,(H,14,15,16). The van der Waals surface area contributed by atoms with Crippen molar-refractivity contribution in [3.05, 3.63) is 11.8 Å². The summed E-state index contributed by atoms with van der Waals surface area (Å²) in [5.74, 6) is 6.88. The number of rotatable bonds is 2. The minimum absolute atomic E-state index is 0.493. The minimum Gasteiger partial charge on any atom is -0.356 e. The third-order valence-corrected chi connectivity index (χ3v) is 3.23. The van der Waals surface area contributed by atoms with Crippen LogP contribution in [0.3, 0.4) is 0 Å². The van der Waals surface area contributed by atoms with Crippen molar-refractivity contribution in [2.45, 2.75) is 39.0 Å². The van der Waals surface area contributed by atoms with Crippen LogP contribution in [-0.2, 0) is 0 Å². The molecule has 5 heteroatoms. The lowest BCUT2D eigenvalue weighted by atomic mass is 10.1. The molecule has 1 fully saturated rings. The normalized spacial score (nSPS) is 17.4. The molecule has 0 atom stereocenters. The fraction of sp³-hybridized carbons (Fsp3) is 0.667. The zero-order valence-electron chi connectivity index (χ0n) is 10.4. The second-order valence-corrected chi connectivity index (χ2v) is 4.60. The second-order valence-electron chi connectivity index (χ2n) is 4.60. The lowest BCUT2D eigenvalue weighted by molar-refractivity contribution is 0.553. The van der Waals surface area contributed by atoms with E-state index in [0.29, 0.717) is 5.95 Å². The lowest BCUT2D eigenvalue weighted by Crippen LogP contribution is -2.29. The molecule has 1 saturated heterocycles. The Kier molecular flexibility index (Phi) is 4.14. The molecular weight excluding hydrogens is 214 g/mol. The number of nitrogen functional groups attached to an aromatic ring is 1. The van der Waals surface area contributed by atoms with Crippen LogP contribution in [0.4, 0.5) is 11.8 Å². The van der Waals surface area contributed by atoms with Crippen molar-refractivity contribution in [2.75, 3.05) is 23.4 Å². The summed E-state index contributed by atoms with van der Waals surface area (Å²) in [6.07, 6.45) is 8.33. The van der Waals surface area contributed by atoms with Gasteiger partial charge in [0, 0.05) is 24.8 Å². The molecule has 5 nitrogen and oxygen atoms in total. The number of hydrazine groups is 1. The summed E-state index contributed by atoms with van der Waals surface area (Å²) in [6, 6.07) is 0. The highest BCUT2D eigenvalue weighted by Gasteiger charge is 2.13. The Balaban J connectivity index is 2.17. The average Bonchev–Trinajstić information content (AvgIpc) is 2.30. The largest absolute Gasteiger partial charge is 0.356 e. The van der Waals surface area contributed by atoms with E-state index in [2.05, 4.69) is 20.3 Å². The van der Waals surface area contributed by atoms with Crippen LogP contribution in [0, 0.1) is 6.92 Å². The number of aryl methyl sites for hydroxylation is 1. The molecule has 1 aliphatic rings. The summed E-state index contributed by atoms with van der Waals surface area (Å²) in [6.45, 7) is 4.22. The van der Waals surface area contributed by atoms with Gasteiger partial charge in [0.1, 0.15) is 5.82 Å². The molecule has 94 valence electrons. The molecule has 2 rings (SSSR count). The Morgan fingerprint density at radius 3 is 2.47 bits per heavy atom. The molecular formula is C12H21N5. The molecule has 17 heavy (non-hydrogen) atoms. The van der Waals surface area contributed by atoms with E-state index < -0.39 is 0 Å².